The van der Waals surface area contributed by atoms with Crippen LogP contribution < -0.4 is 4.72 Å². The molecule has 0 fully saturated rings. The van der Waals surface area contributed by atoms with Gasteiger partial charge in [-0.3, -0.25) is 0 Å². The summed E-state index contributed by atoms with van der Waals surface area (Å²) in [6, 6.07) is 8.93. The minimum atomic E-state index is -3.30. The lowest BCUT2D eigenvalue weighted by Crippen LogP contribution is -2.33. The topological polar surface area (TPSA) is 66.4 Å². The first-order valence-electron chi connectivity index (χ1n) is 5.68. The Hall–Kier alpha value is -0.910. The molecule has 0 aromatic heterocycles. The van der Waals surface area contributed by atoms with Crippen molar-refractivity contribution < 1.29 is 13.5 Å². The highest BCUT2D eigenvalue weighted by Gasteiger charge is 2.14. The van der Waals surface area contributed by atoms with Crippen LogP contribution in [0.2, 0.25) is 0 Å². The largest absolute Gasteiger partial charge is 0.396 e. The zero-order valence-corrected chi connectivity index (χ0v) is 10.8. The van der Waals surface area contributed by atoms with Gasteiger partial charge in [0.2, 0.25) is 10.0 Å². The van der Waals surface area contributed by atoms with Gasteiger partial charge in [-0.05, 0) is 25.3 Å². The average molecular weight is 257 g/mol. The summed E-state index contributed by atoms with van der Waals surface area (Å²) < 4.78 is 26.2. The first-order chi connectivity index (χ1) is 8.03. The summed E-state index contributed by atoms with van der Waals surface area (Å²) in [5, 5.41) is 8.67. The van der Waals surface area contributed by atoms with Crippen molar-refractivity contribution in [1.29, 1.82) is 0 Å². The number of benzene rings is 1. The van der Waals surface area contributed by atoms with Crippen molar-refractivity contribution in [2.24, 2.45) is 0 Å². The van der Waals surface area contributed by atoms with Crippen molar-refractivity contribution in [2.45, 2.75) is 31.6 Å². The zero-order valence-electron chi connectivity index (χ0n) is 9.96. The van der Waals surface area contributed by atoms with Gasteiger partial charge in [-0.2, -0.15) is 0 Å². The standard InChI is InChI=1S/C12H19NO3S/c1-11(6-5-9-14)13-17(15,16)10-12-7-3-2-4-8-12/h2-4,7-8,11,13-14H,5-6,9-10H2,1H3. The molecule has 17 heavy (non-hydrogen) atoms. The second kappa shape index (κ2) is 6.74. The molecule has 0 spiro atoms. The molecule has 1 aromatic rings. The second-order valence-electron chi connectivity index (χ2n) is 4.13. The van der Waals surface area contributed by atoms with Gasteiger partial charge in [0, 0.05) is 12.6 Å². The van der Waals surface area contributed by atoms with Crippen LogP contribution in [-0.4, -0.2) is 26.2 Å². The van der Waals surface area contributed by atoms with E-state index in [2.05, 4.69) is 4.72 Å². The summed E-state index contributed by atoms with van der Waals surface area (Å²) in [4.78, 5) is 0. The number of aliphatic hydroxyl groups excluding tert-OH is 1. The van der Waals surface area contributed by atoms with Gasteiger partial charge in [0.05, 0.1) is 5.75 Å². The van der Waals surface area contributed by atoms with Crippen LogP contribution in [-0.2, 0) is 15.8 Å². The molecule has 0 heterocycles. The highest BCUT2D eigenvalue weighted by molar-refractivity contribution is 7.88. The van der Waals surface area contributed by atoms with E-state index >= 15 is 0 Å². The smallest absolute Gasteiger partial charge is 0.216 e. The second-order valence-corrected chi connectivity index (χ2v) is 5.88. The molecule has 0 amide bonds. The summed E-state index contributed by atoms with van der Waals surface area (Å²) in [5.74, 6) is -0.00267. The lowest BCUT2D eigenvalue weighted by atomic mass is 10.2. The molecule has 1 atom stereocenters. The Kier molecular flexibility index (Phi) is 5.61. The molecule has 0 aliphatic heterocycles. The Morgan fingerprint density at radius 1 is 1.29 bits per heavy atom. The van der Waals surface area contributed by atoms with Crippen LogP contribution in [0.15, 0.2) is 30.3 Å². The van der Waals surface area contributed by atoms with Gasteiger partial charge in [-0.25, -0.2) is 13.1 Å². The maximum atomic E-state index is 11.8. The van der Waals surface area contributed by atoms with E-state index in [4.69, 9.17) is 5.11 Å². The van der Waals surface area contributed by atoms with E-state index in [0.717, 1.165) is 5.56 Å². The van der Waals surface area contributed by atoms with E-state index in [0.29, 0.717) is 12.8 Å². The molecular formula is C12H19NO3S. The van der Waals surface area contributed by atoms with Crippen LogP contribution in [0.25, 0.3) is 0 Å². The number of nitrogens with one attached hydrogen (secondary N) is 1. The zero-order chi connectivity index (χ0) is 12.7. The molecule has 0 radical (unpaired) electrons. The quantitative estimate of drug-likeness (QED) is 0.773. The fourth-order valence-electron chi connectivity index (χ4n) is 1.60. The average Bonchev–Trinajstić information content (AvgIpc) is 2.26. The van der Waals surface area contributed by atoms with Crippen molar-refractivity contribution in [3.63, 3.8) is 0 Å². The molecule has 0 saturated carbocycles. The van der Waals surface area contributed by atoms with Crippen LogP contribution in [0.1, 0.15) is 25.3 Å². The minimum Gasteiger partial charge on any atom is -0.396 e. The van der Waals surface area contributed by atoms with Crippen molar-refractivity contribution in [3.8, 4) is 0 Å². The molecule has 0 aliphatic rings. The van der Waals surface area contributed by atoms with Gasteiger partial charge in [0.15, 0.2) is 0 Å². The maximum absolute atomic E-state index is 11.8. The summed E-state index contributed by atoms with van der Waals surface area (Å²) in [6.45, 7) is 1.89. The molecule has 0 saturated heterocycles. The van der Waals surface area contributed by atoms with Gasteiger partial charge >= 0.3 is 0 Å². The highest BCUT2D eigenvalue weighted by Crippen LogP contribution is 2.06. The Morgan fingerprint density at radius 3 is 2.53 bits per heavy atom. The van der Waals surface area contributed by atoms with E-state index in [1.54, 1.807) is 19.1 Å². The van der Waals surface area contributed by atoms with E-state index in [-0.39, 0.29) is 18.4 Å². The number of hydrogen-bond donors (Lipinski definition) is 2. The van der Waals surface area contributed by atoms with Crippen LogP contribution in [0.5, 0.6) is 0 Å². The van der Waals surface area contributed by atoms with Crippen LogP contribution >= 0.6 is 0 Å². The van der Waals surface area contributed by atoms with Gasteiger partial charge in [0.1, 0.15) is 0 Å². The maximum Gasteiger partial charge on any atom is 0.216 e. The number of rotatable bonds is 7. The van der Waals surface area contributed by atoms with Crippen molar-refractivity contribution >= 4 is 10.0 Å². The van der Waals surface area contributed by atoms with Crippen LogP contribution in [0.3, 0.4) is 0 Å². The molecule has 0 bridgehead atoms. The molecule has 1 rings (SSSR count). The Morgan fingerprint density at radius 2 is 1.94 bits per heavy atom. The number of aliphatic hydroxyl groups is 1. The summed E-state index contributed by atoms with van der Waals surface area (Å²) in [5.41, 5.74) is 0.773. The normalized spacial score (nSPS) is 13.5. The van der Waals surface area contributed by atoms with E-state index in [1.807, 2.05) is 18.2 Å². The fraction of sp³-hybridized carbons (Fsp3) is 0.500. The van der Waals surface area contributed by atoms with E-state index in [1.165, 1.54) is 0 Å². The van der Waals surface area contributed by atoms with Gasteiger partial charge in [-0.1, -0.05) is 30.3 Å². The third-order valence-electron chi connectivity index (χ3n) is 2.38. The fourth-order valence-corrected chi connectivity index (χ4v) is 3.04. The Bertz CT molecular complexity index is 417. The molecule has 96 valence electrons. The molecule has 5 heteroatoms. The molecular weight excluding hydrogens is 238 g/mol. The molecule has 2 N–H and O–H groups in total. The lowest BCUT2D eigenvalue weighted by Gasteiger charge is -2.13. The van der Waals surface area contributed by atoms with E-state index < -0.39 is 10.0 Å². The summed E-state index contributed by atoms with van der Waals surface area (Å²) >= 11 is 0. The third kappa shape index (κ3) is 5.81. The van der Waals surface area contributed by atoms with Gasteiger partial charge in [-0.15, -0.1) is 0 Å². The predicted molar refractivity (Wildman–Crippen MR) is 68.0 cm³/mol. The first-order valence-corrected chi connectivity index (χ1v) is 7.33. The van der Waals surface area contributed by atoms with Gasteiger partial charge < -0.3 is 5.11 Å². The van der Waals surface area contributed by atoms with Crippen LogP contribution in [0.4, 0.5) is 0 Å². The monoisotopic (exact) mass is 257 g/mol. The molecule has 0 aliphatic carbocycles. The first kappa shape index (κ1) is 14.2. The summed E-state index contributed by atoms with van der Waals surface area (Å²) in [6.07, 6.45) is 1.25. The molecule has 4 nitrogen and oxygen atoms in total. The van der Waals surface area contributed by atoms with Gasteiger partial charge in [0.25, 0.3) is 0 Å². The highest BCUT2D eigenvalue weighted by atomic mass is 32.2. The SMILES string of the molecule is CC(CCCO)NS(=O)(=O)Cc1ccccc1. The number of sulfonamides is 1. The van der Waals surface area contributed by atoms with Crippen molar-refractivity contribution in [2.75, 3.05) is 6.61 Å². The molecule has 1 unspecified atom stereocenters. The predicted octanol–water partition coefficient (Wildman–Crippen LogP) is 1.27. The third-order valence-corrected chi connectivity index (χ3v) is 3.85. The van der Waals surface area contributed by atoms with E-state index in [9.17, 15) is 8.42 Å². The summed E-state index contributed by atoms with van der Waals surface area (Å²) in [7, 11) is -3.30. The molecule has 1 aromatic carbocycles. The Balaban J connectivity index is 2.52. The van der Waals surface area contributed by atoms with Crippen LogP contribution in [0, 0.1) is 0 Å². The Labute approximate surface area is 103 Å². The number of hydrogen-bond acceptors (Lipinski definition) is 3. The minimum absolute atomic E-state index is 0.00267. The van der Waals surface area contributed by atoms with Crippen molar-refractivity contribution in [1.82, 2.24) is 4.72 Å². The lowest BCUT2D eigenvalue weighted by molar-refractivity contribution is 0.279. The van der Waals surface area contributed by atoms with Crippen molar-refractivity contribution in [3.05, 3.63) is 35.9 Å².